The van der Waals surface area contributed by atoms with Crippen molar-refractivity contribution in [2.75, 3.05) is 0 Å². The molecule has 0 saturated carbocycles. The number of benzene rings is 2. The van der Waals surface area contributed by atoms with Gasteiger partial charge in [0.2, 0.25) is 0 Å². The van der Waals surface area contributed by atoms with E-state index in [1.54, 1.807) is 0 Å². The molecule has 0 nitrogen and oxygen atoms in total. The Morgan fingerprint density at radius 1 is 0.810 bits per heavy atom. The van der Waals surface area contributed by atoms with Gasteiger partial charge in [-0.15, -0.1) is 0 Å². The Morgan fingerprint density at radius 3 is 1.81 bits per heavy atom. The Kier molecular flexibility index (Phi) is 5.85. The van der Waals surface area contributed by atoms with Gasteiger partial charge >= 0.3 is 0 Å². The summed E-state index contributed by atoms with van der Waals surface area (Å²) in [6, 6.07) is 17.1. The predicted octanol–water partition coefficient (Wildman–Crippen LogP) is 5.16. The molecule has 0 fully saturated rings. The van der Waals surface area contributed by atoms with Crippen molar-refractivity contribution in [2.24, 2.45) is 0 Å². The average molecular weight is 274 g/mol. The first kappa shape index (κ1) is 15.1. The van der Waals surface area contributed by atoms with Crippen molar-refractivity contribution >= 4 is 0 Å². The largest absolute Gasteiger partial charge is 0.0917 e. The van der Waals surface area contributed by atoms with Crippen LogP contribution in [0.15, 0.2) is 60.7 Å². The second-order valence-corrected chi connectivity index (χ2v) is 5.11. The van der Waals surface area contributed by atoms with Crippen LogP contribution in [-0.4, -0.2) is 0 Å². The van der Waals surface area contributed by atoms with E-state index in [4.69, 9.17) is 0 Å². The van der Waals surface area contributed by atoms with Crippen molar-refractivity contribution in [2.45, 2.75) is 33.1 Å². The Hall–Kier alpha value is -2.26. The molecule has 2 aromatic carbocycles. The van der Waals surface area contributed by atoms with Gasteiger partial charge in [0.25, 0.3) is 0 Å². The molecular formula is C21H22. The minimum atomic E-state index is 1.07. The van der Waals surface area contributed by atoms with Gasteiger partial charge in [-0.05, 0) is 61.6 Å². The van der Waals surface area contributed by atoms with E-state index in [0.29, 0.717) is 0 Å². The fourth-order valence-electron chi connectivity index (χ4n) is 2.14. The first-order valence-corrected chi connectivity index (χ1v) is 7.63. The Labute approximate surface area is 128 Å². The zero-order valence-electron chi connectivity index (χ0n) is 12.9. The highest BCUT2D eigenvalue weighted by Gasteiger charge is 1.92. The van der Waals surface area contributed by atoms with Crippen LogP contribution in [0.25, 0.3) is 0 Å². The van der Waals surface area contributed by atoms with E-state index in [9.17, 15) is 0 Å². The molecular weight excluding hydrogens is 252 g/mol. The van der Waals surface area contributed by atoms with Crippen molar-refractivity contribution in [3.8, 4) is 11.8 Å². The van der Waals surface area contributed by atoms with E-state index in [-0.39, 0.29) is 0 Å². The summed E-state index contributed by atoms with van der Waals surface area (Å²) in [5.41, 5.74) is 4.87. The predicted molar refractivity (Wildman–Crippen MR) is 91.4 cm³/mol. The molecule has 0 amide bonds. The highest BCUT2D eigenvalue weighted by Crippen LogP contribution is 2.07. The van der Waals surface area contributed by atoms with Crippen molar-refractivity contribution in [1.82, 2.24) is 0 Å². The lowest BCUT2D eigenvalue weighted by molar-refractivity contribution is 0.999. The fraction of sp³-hybridized carbons (Fsp3) is 0.238. The van der Waals surface area contributed by atoms with Gasteiger partial charge < -0.3 is 0 Å². The molecule has 0 atom stereocenters. The van der Waals surface area contributed by atoms with Gasteiger partial charge in [-0.3, -0.25) is 0 Å². The minimum absolute atomic E-state index is 1.07. The topological polar surface area (TPSA) is 0 Å². The lowest BCUT2D eigenvalue weighted by Gasteiger charge is -1.98. The molecule has 0 bridgehead atoms. The maximum absolute atomic E-state index is 3.23. The van der Waals surface area contributed by atoms with Gasteiger partial charge in [0.05, 0.1) is 0 Å². The van der Waals surface area contributed by atoms with E-state index >= 15 is 0 Å². The molecule has 0 aromatic heterocycles. The quantitative estimate of drug-likeness (QED) is 0.534. The zero-order valence-corrected chi connectivity index (χ0v) is 12.9. The normalized spacial score (nSPS) is 10.4. The Balaban J connectivity index is 2.01. The SMILES string of the molecule is CC=CCCc1ccc(C#Cc2ccc(CC)cc2)cc1. The van der Waals surface area contributed by atoms with Crippen molar-refractivity contribution < 1.29 is 0 Å². The molecule has 0 unspecified atom stereocenters. The van der Waals surface area contributed by atoms with Crippen LogP contribution >= 0.6 is 0 Å². The molecule has 0 N–H and O–H groups in total. The third kappa shape index (κ3) is 4.97. The summed E-state index contributed by atoms with van der Waals surface area (Å²) in [7, 11) is 0. The molecule has 0 heteroatoms. The highest BCUT2D eigenvalue weighted by atomic mass is 14.0. The van der Waals surface area contributed by atoms with Crippen molar-refractivity contribution in [3.63, 3.8) is 0 Å². The van der Waals surface area contributed by atoms with E-state index in [2.05, 4.69) is 86.4 Å². The summed E-state index contributed by atoms with van der Waals surface area (Å²) < 4.78 is 0. The summed E-state index contributed by atoms with van der Waals surface area (Å²) in [4.78, 5) is 0. The van der Waals surface area contributed by atoms with Crippen molar-refractivity contribution in [1.29, 1.82) is 0 Å². The summed E-state index contributed by atoms with van der Waals surface area (Å²) in [6.07, 6.45) is 7.57. The number of hydrogen-bond acceptors (Lipinski definition) is 0. The Bertz CT molecular complexity index is 631. The van der Waals surface area contributed by atoms with Gasteiger partial charge in [0.1, 0.15) is 0 Å². The van der Waals surface area contributed by atoms with E-state index < -0.39 is 0 Å². The maximum Gasteiger partial charge on any atom is 0.0249 e. The number of allylic oxidation sites excluding steroid dienone is 2. The van der Waals surface area contributed by atoms with Gasteiger partial charge in [-0.25, -0.2) is 0 Å². The standard InChI is InChI=1S/C21H22/c1-3-5-6-7-19-12-14-21(15-13-19)17-16-20-10-8-18(4-2)9-11-20/h3,5,8-15H,4,6-7H2,1-2H3. The molecule has 0 radical (unpaired) electrons. The van der Waals surface area contributed by atoms with Crippen LogP contribution in [0.4, 0.5) is 0 Å². The van der Waals surface area contributed by atoms with Crippen LogP contribution in [0.5, 0.6) is 0 Å². The molecule has 0 heterocycles. The number of rotatable bonds is 4. The van der Waals surface area contributed by atoms with Crippen LogP contribution in [0.3, 0.4) is 0 Å². The minimum Gasteiger partial charge on any atom is -0.0917 e. The lowest BCUT2D eigenvalue weighted by atomic mass is 10.1. The zero-order chi connectivity index (χ0) is 14.9. The monoisotopic (exact) mass is 274 g/mol. The molecule has 0 saturated heterocycles. The van der Waals surface area contributed by atoms with Crippen LogP contribution in [0, 0.1) is 11.8 Å². The number of aryl methyl sites for hydroxylation is 2. The molecule has 106 valence electrons. The maximum atomic E-state index is 3.23. The van der Waals surface area contributed by atoms with Gasteiger partial charge in [0.15, 0.2) is 0 Å². The van der Waals surface area contributed by atoms with E-state index in [1.807, 2.05) is 0 Å². The summed E-state index contributed by atoms with van der Waals surface area (Å²) in [5.74, 6) is 6.45. The molecule has 2 aromatic rings. The molecule has 0 aliphatic rings. The van der Waals surface area contributed by atoms with Gasteiger partial charge in [-0.2, -0.15) is 0 Å². The van der Waals surface area contributed by atoms with Crippen LogP contribution in [0.1, 0.15) is 42.5 Å². The summed E-state index contributed by atoms with van der Waals surface area (Å²) in [5, 5.41) is 0. The summed E-state index contributed by atoms with van der Waals surface area (Å²) in [6.45, 7) is 4.23. The first-order chi connectivity index (χ1) is 10.3. The third-order valence-electron chi connectivity index (χ3n) is 3.50. The van der Waals surface area contributed by atoms with E-state index in [1.165, 1.54) is 11.1 Å². The van der Waals surface area contributed by atoms with Gasteiger partial charge in [0, 0.05) is 11.1 Å². The van der Waals surface area contributed by atoms with Crippen molar-refractivity contribution in [3.05, 3.63) is 82.9 Å². The molecule has 2 rings (SSSR count). The highest BCUT2D eigenvalue weighted by molar-refractivity contribution is 5.44. The fourth-order valence-corrected chi connectivity index (χ4v) is 2.14. The van der Waals surface area contributed by atoms with E-state index in [0.717, 1.165) is 30.4 Å². The third-order valence-corrected chi connectivity index (χ3v) is 3.50. The number of hydrogen-bond donors (Lipinski definition) is 0. The molecule has 0 spiro atoms. The second-order valence-electron chi connectivity index (χ2n) is 5.11. The van der Waals surface area contributed by atoms with Crippen LogP contribution < -0.4 is 0 Å². The Morgan fingerprint density at radius 2 is 1.33 bits per heavy atom. The molecule has 0 aliphatic carbocycles. The van der Waals surface area contributed by atoms with Gasteiger partial charge in [-0.1, -0.05) is 55.2 Å². The smallest absolute Gasteiger partial charge is 0.0249 e. The first-order valence-electron chi connectivity index (χ1n) is 7.63. The molecule has 21 heavy (non-hydrogen) atoms. The molecule has 0 aliphatic heterocycles. The average Bonchev–Trinajstić information content (AvgIpc) is 2.55. The van der Waals surface area contributed by atoms with Crippen LogP contribution in [-0.2, 0) is 12.8 Å². The summed E-state index contributed by atoms with van der Waals surface area (Å²) >= 11 is 0. The van der Waals surface area contributed by atoms with Crippen LogP contribution in [0.2, 0.25) is 0 Å². The lowest BCUT2D eigenvalue weighted by Crippen LogP contribution is -1.84. The second kappa shape index (κ2) is 8.12.